The van der Waals surface area contributed by atoms with Crippen LogP contribution in [0, 0.1) is 0 Å². The molecule has 1 aliphatic heterocycles. The number of nitrogens with zero attached hydrogens (tertiary/aromatic N) is 1. The molecule has 0 saturated heterocycles. The topological polar surface area (TPSA) is 64.9 Å². The largest absolute Gasteiger partial charge is 0.508 e. The molecule has 13 heavy (non-hydrogen) atoms. The predicted octanol–water partition coefficient (Wildman–Crippen LogP) is 0.448. The van der Waals surface area contributed by atoms with Gasteiger partial charge in [0.05, 0.1) is 12.1 Å². The van der Waals surface area contributed by atoms with E-state index in [1.807, 2.05) is 0 Å². The zero-order valence-electron chi connectivity index (χ0n) is 6.99. The molecular formula is C9H10N2O2. The zero-order valence-corrected chi connectivity index (χ0v) is 6.99. The van der Waals surface area contributed by atoms with Gasteiger partial charge in [0, 0.05) is 12.6 Å². The summed E-state index contributed by atoms with van der Waals surface area (Å²) >= 11 is 0. The van der Waals surface area contributed by atoms with E-state index in [4.69, 9.17) is 5.11 Å². The fraction of sp³-hybridized carbons (Fsp3) is 0.222. The number of hydrogen-bond acceptors (Lipinski definition) is 4. The van der Waals surface area contributed by atoms with Crippen molar-refractivity contribution < 1.29 is 10.2 Å². The number of rotatable bonds is 1. The van der Waals surface area contributed by atoms with E-state index in [0.717, 1.165) is 13.1 Å². The number of hydrogen-bond donors (Lipinski definition) is 3. The Morgan fingerprint density at radius 1 is 1.31 bits per heavy atom. The second-order valence-corrected chi connectivity index (χ2v) is 2.86. The summed E-state index contributed by atoms with van der Waals surface area (Å²) in [5.41, 5.74) is 0.635. The van der Waals surface area contributed by atoms with Crippen LogP contribution in [0.1, 0.15) is 5.56 Å². The van der Waals surface area contributed by atoms with Crippen molar-refractivity contribution in [2.45, 2.75) is 0 Å². The average Bonchev–Trinajstić information content (AvgIpc) is 2.56. The number of phenols is 2. The quantitative estimate of drug-likeness (QED) is 0.585. The molecule has 2 rings (SSSR count). The highest BCUT2D eigenvalue weighted by Crippen LogP contribution is 2.23. The first-order chi connectivity index (χ1) is 6.27. The molecule has 1 aromatic rings. The highest BCUT2D eigenvalue weighted by Gasteiger charge is 2.11. The molecule has 0 atom stereocenters. The van der Waals surface area contributed by atoms with E-state index in [2.05, 4.69) is 10.3 Å². The van der Waals surface area contributed by atoms with Crippen LogP contribution >= 0.6 is 0 Å². The van der Waals surface area contributed by atoms with Gasteiger partial charge in [-0.25, -0.2) is 0 Å². The number of nitrogens with one attached hydrogen (secondary N) is 1. The van der Waals surface area contributed by atoms with E-state index in [0.29, 0.717) is 11.4 Å². The molecule has 0 unspecified atom stereocenters. The second-order valence-electron chi connectivity index (χ2n) is 2.86. The fourth-order valence-corrected chi connectivity index (χ4v) is 1.30. The second kappa shape index (κ2) is 2.97. The first kappa shape index (κ1) is 7.91. The number of aromatic hydroxyl groups is 2. The lowest BCUT2D eigenvalue weighted by atomic mass is 10.2. The van der Waals surface area contributed by atoms with Gasteiger partial charge in [0.25, 0.3) is 0 Å². The van der Waals surface area contributed by atoms with Crippen molar-refractivity contribution in [3.05, 3.63) is 23.8 Å². The van der Waals surface area contributed by atoms with Crippen molar-refractivity contribution in [1.29, 1.82) is 0 Å². The van der Waals surface area contributed by atoms with E-state index >= 15 is 0 Å². The molecule has 0 amide bonds. The SMILES string of the molecule is Oc1ccc(C2=NCCN2)c(O)c1. The Labute approximate surface area is 75.6 Å². The van der Waals surface area contributed by atoms with Crippen molar-refractivity contribution >= 4 is 5.84 Å². The van der Waals surface area contributed by atoms with Crippen molar-refractivity contribution in [2.75, 3.05) is 13.1 Å². The van der Waals surface area contributed by atoms with Gasteiger partial charge in [-0.3, -0.25) is 4.99 Å². The Kier molecular flexibility index (Phi) is 1.81. The van der Waals surface area contributed by atoms with E-state index in [-0.39, 0.29) is 11.5 Å². The fourth-order valence-electron chi connectivity index (χ4n) is 1.30. The Hall–Kier alpha value is -1.71. The molecule has 3 N–H and O–H groups in total. The van der Waals surface area contributed by atoms with Gasteiger partial charge in [0.2, 0.25) is 0 Å². The lowest BCUT2D eigenvalue weighted by Crippen LogP contribution is -2.19. The van der Waals surface area contributed by atoms with Crippen LogP contribution in [0.3, 0.4) is 0 Å². The lowest BCUT2D eigenvalue weighted by molar-refractivity contribution is 0.450. The minimum absolute atomic E-state index is 0.0492. The van der Waals surface area contributed by atoms with Gasteiger partial charge in [-0.1, -0.05) is 0 Å². The lowest BCUT2D eigenvalue weighted by Gasteiger charge is -2.04. The van der Waals surface area contributed by atoms with Crippen LogP contribution in [0.25, 0.3) is 0 Å². The van der Waals surface area contributed by atoms with Gasteiger partial charge in [0.15, 0.2) is 0 Å². The van der Waals surface area contributed by atoms with Crippen molar-refractivity contribution in [2.24, 2.45) is 4.99 Å². The predicted molar refractivity (Wildman–Crippen MR) is 49.2 cm³/mol. The van der Waals surface area contributed by atoms with Gasteiger partial charge in [-0.05, 0) is 12.1 Å². The minimum atomic E-state index is 0.0492. The molecule has 0 fully saturated rings. The summed E-state index contributed by atoms with van der Waals surface area (Å²) in [7, 11) is 0. The Morgan fingerprint density at radius 3 is 2.77 bits per heavy atom. The monoisotopic (exact) mass is 178 g/mol. The van der Waals surface area contributed by atoms with Crippen molar-refractivity contribution in [3.63, 3.8) is 0 Å². The Morgan fingerprint density at radius 2 is 2.15 bits per heavy atom. The summed E-state index contributed by atoms with van der Waals surface area (Å²) in [6, 6.07) is 4.47. The molecule has 0 saturated carbocycles. The van der Waals surface area contributed by atoms with Crippen molar-refractivity contribution in [3.8, 4) is 11.5 Å². The van der Waals surface area contributed by atoms with E-state index in [1.54, 1.807) is 6.07 Å². The smallest absolute Gasteiger partial charge is 0.132 e. The molecule has 1 aromatic carbocycles. The summed E-state index contributed by atoms with van der Waals surface area (Å²) in [6.45, 7) is 1.53. The summed E-state index contributed by atoms with van der Waals surface area (Å²) in [6.07, 6.45) is 0. The minimum Gasteiger partial charge on any atom is -0.508 e. The van der Waals surface area contributed by atoms with Gasteiger partial charge in [-0.15, -0.1) is 0 Å². The van der Waals surface area contributed by atoms with E-state index < -0.39 is 0 Å². The van der Waals surface area contributed by atoms with E-state index in [1.165, 1.54) is 12.1 Å². The maximum atomic E-state index is 9.47. The summed E-state index contributed by atoms with van der Waals surface area (Å²) in [4.78, 5) is 4.16. The van der Waals surface area contributed by atoms with E-state index in [9.17, 15) is 5.11 Å². The van der Waals surface area contributed by atoms with Crippen LogP contribution < -0.4 is 5.32 Å². The van der Waals surface area contributed by atoms with Crippen LogP contribution in [0.15, 0.2) is 23.2 Å². The molecule has 0 radical (unpaired) electrons. The van der Waals surface area contributed by atoms with Crippen molar-refractivity contribution in [1.82, 2.24) is 5.32 Å². The molecule has 0 spiro atoms. The maximum absolute atomic E-state index is 9.47. The van der Waals surface area contributed by atoms with Crippen LogP contribution in [-0.4, -0.2) is 29.1 Å². The number of aliphatic imine (C=N–C) groups is 1. The van der Waals surface area contributed by atoms with Gasteiger partial charge in [-0.2, -0.15) is 0 Å². The first-order valence-electron chi connectivity index (χ1n) is 4.08. The Balaban J connectivity index is 2.40. The molecular weight excluding hydrogens is 168 g/mol. The third-order valence-corrected chi connectivity index (χ3v) is 1.91. The normalized spacial score (nSPS) is 15.2. The highest BCUT2D eigenvalue weighted by molar-refractivity contribution is 6.02. The van der Waals surface area contributed by atoms with Crippen LogP contribution in [-0.2, 0) is 0 Å². The summed E-state index contributed by atoms with van der Waals surface area (Å²) in [5.74, 6) is 0.797. The Bertz CT molecular complexity index is 361. The molecule has 0 bridgehead atoms. The molecule has 1 aliphatic rings. The first-order valence-corrected chi connectivity index (χ1v) is 4.08. The van der Waals surface area contributed by atoms with Gasteiger partial charge in [0.1, 0.15) is 17.3 Å². The van der Waals surface area contributed by atoms with Gasteiger partial charge < -0.3 is 15.5 Å². The zero-order chi connectivity index (χ0) is 9.26. The van der Waals surface area contributed by atoms with Gasteiger partial charge >= 0.3 is 0 Å². The van der Waals surface area contributed by atoms with Crippen LogP contribution in [0.2, 0.25) is 0 Å². The standard InChI is InChI=1S/C9H10N2O2/c12-6-1-2-7(8(13)5-6)9-10-3-4-11-9/h1-2,5,12-13H,3-4H2,(H,10,11). The number of benzene rings is 1. The third-order valence-electron chi connectivity index (χ3n) is 1.91. The molecule has 0 aliphatic carbocycles. The molecule has 0 aromatic heterocycles. The van der Waals surface area contributed by atoms with Crippen LogP contribution in [0.4, 0.5) is 0 Å². The molecule has 1 heterocycles. The highest BCUT2D eigenvalue weighted by atomic mass is 16.3. The van der Waals surface area contributed by atoms with Crippen LogP contribution in [0.5, 0.6) is 11.5 Å². The number of phenolic OH excluding ortho intramolecular Hbond substituents is 2. The molecule has 68 valence electrons. The number of amidine groups is 1. The maximum Gasteiger partial charge on any atom is 0.132 e. The average molecular weight is 178 g/mol. The summed E-state index contributed by atoms with van der Waals surface area (Å²) < 4.78 is 0. The third kappa shape index (κ3) is 1.42. The molecule has 4 nitrogen and oxygen atoms in total. The summed E-state index contributed by atoms with van der Waals surface area (Å²) in [5, 5.41) is 21.6. The molecule has 4 heteroatoms.